The molecule has 8 nitrogen and oxygen atoms in total. The number of aliphatic hydroxyl groups is 1. The molecule has 162 valence electrons. The number of hydrogen-bond acceptors (Lipinski definition) is 6. The fourth-order valence-electron chi connectivity index (χ4n) is 3.49. The SMILES string of the molecule is CCC1(O)CCC(Nc2cc[nH]c(=O)c2C(=N)c2ccc(S)cc2)CC1.N.O.O. The number of rotatable bonds is 5. The fourth-order valence-corrected chi connectivity index (χ4v) is 3.64. The molecule has 1 aromatic carbocycles. The van der Waals surface area contributed by atoms with Crippen molar-refractivity contribution in [1.29, 1.82) is 5.41 Å². The van der Waals surface area contributed by atoms with Crippen LogP contribution in [0.2, 0.25) is 0 Å². The molecule has 29 heavy (non-hydrogen) atoms. The minimum atomic E-state index is -0.559. The van der Waals surface area contributed by atoms with Gasteiger partial charge in [0, 0.05) is 22.7 Å². The van der Waals surface area contributed by atoms with Crippen LogP contribution in [0.1, 0.15) is 50.2 Å². The second-order valence-electron chi connectivity index (χ2n) is 7.01. The van der Waals surface area contributed by atoms with Crippen LogP contribution in [0.3, 0.4) is 0 Å². The molecule has 1 aromatic heterocycles. The summed E-state index contributed by atoms with van der Waals surface area (Å²) in [6.45, 7) is 2.01. The van der Waals surface area contributed by atoms with Crippen molar-refractivity contribution >= 4 is 24.0 Å². The maximum absolute atomic E-state index is 12.4. The van der Waals surface area contributed by atoms with Crippen LogP contribution in [-0.4, -0.2) is 38.4 Å². The molecule has 11 N–H and O–H groups in total. The lowest BCUT2D eigenvalue weighted by atomic mass is 9.80. The lowest BCUT2D eigenvalue weighted by molar-refractivity contribution is -0.00192. The first-order valence-electron chi connectivity index (χ1n) is 9.01. The van der Waals surface area contributed by atoms with E-state index in [0.717, 1.165) is 37.0 Å². The van der Waals surface area contributed by atoms with Gasteiger partial charge < -0.3 is 32.5 Å². The molecule has 1 heterocycles. The molecular formula is C20H32N4O4S. The molecule has 0 amide bonds. The number of hydrogen-bond donors (Lipinski definition) is 6. The lowest BCUT2D eigenvalue weighted by Crippen LogP contribution is -2.38. The van der Waals surface area contributed by atoms with Gasteiger partial charge in [0.15, 0.2) is 0 Å². The minimum absolute atomic E-state index is 0. The average molecular weight is 425 g/mol. The van der Waals surface area contributed by atoms with Gasteiger partial charge in [0.05, 0.1) is 22.6 Å². The zero-order valence-electron chi connectivity index (χ0n) is 16.6. The van der Waals surface area contributed by atoms with E-state index in [2.05, 4.69) is 22.9 Å². The van der Waals surface area contributed by atoms with E-state index in [1.807, 2.05) is 19.1 Å². The predicted molar refractivity (Wildman–Crippen MR) is 120 cm³/mol. The molecule has 0 saturated heterocycles. The Bertz CT molecular complexity index is 846. The molecule has 1 saturated carbocycles. The van der Waals surface area contributed by atoms with E-state index >= 15 is 0 Å². The Kier molecular flexibility index (Phi) is 10.3. The quantitative estimate of drug-likeness (QED) is 0.317. The highest BCUT2D eigenvalue weighted by atomic mass is 32.1. The number of aromatic nitrogens is 1. The van der Waals surface area contributed by atoms with E-state index < -0.39 is 5.60 Å². The number of pyridine rings is 1. The van der Waals surface area contributed by atoms with E-state index in [9.17, 15) is 9.90 Å². The molecule has 0 radical (unpaired) electrons. The lowest BCUT2D eigenvalue weighted by Gasteiger charge is -2.36. The molecule has 0 bridgehead atoms. The zero-order valence-corrected chi connectivity index (χ0v) is 17.5. The number of benzene rings is 1. The summed E-state index contributed by atoms with van der Waals surface area (Å²) in [6.07, 6.45) is 5.56. The summed E-state index contributed by atoms with van der Waals surface area (Å²) >= 11 is 4.27. The van der Waals surface area contributed by atoms with Gasteiger partial charge in [-0.2, -0.15) is 0 Å². The van der Waals surface area contributed by atoms with E-state index in [0.29, 0.717) is 16.8 Å². The number of nitrogens with one attached hydrogen (secondary N) is 3. The molecule has 0 aliphatic heterocycles. The molecular weight excluding hydrogens is 392 g/mol. The smallest absolute Gasteiger partial charge is 0.259 e. The summed E-state index contributed by atoms with van der Waals surface area (Å²) < 4.78 is 0. The maximum atomic E-state index is 12.4. The van der Waals surface area contributed by atoms with Crippen LogP contribution < -0.4 is 17.0 Å². The summed E-state index contributed by atoms with van der Waals surface area (Å²) in [7, 11) is 0. The van der Waals surface area contributed by atoms with Crippen molar-refractivity contribution in [2.75, 3.05) is 5.32 Å². The van der Waals surface area contributed by atoms with Crippen LogP contribution in [0.4, 0.5) is 5.69 Å². The van der Waals surface area contributed by atoms with Gasteiger partial charge in [-0.1, -0.05) is 19.1 Å². The van der Waals surface area contributed by atoms with Crippen molar-refractivity contribution in [2.24, 2.45) is 0 Å². The number of anilines is 1. The maximum Gasteiger partial charge on any atom is 0.259 e. The van der Waals surface area contributed by atoms with E-state index in [1.54, 1.807) is 24.4 Å². The Morgan fingerprint density at radius 1 is 1.24 bits per heavy atom. The van der Waals surface area contributed by atoms with Crippen molar-refractivity contribution in [2.45, 2.75) is 55.6 Å². The van der Waals surface area contributed by atoms with Gasteiger partial charge in [0.25, 0.3) is 5.56 Å². The van der Waals surface area contributed by atoms with Gasteiger partial charge in [-0.05, 0) is 50.3 Å². The molecule has 3 rings (SSSR count). The Morgan fingerprint density at radius 2 is 1.83 bits per heavy atom. The molecule has 0 atom stereocenters. The van der Waals surface area contributed by atoms with Crippen molar-refractivity contribution < 1.29 is 16.1 Å². The van der Waals surface area contributed by atoms with Crippen molar-refractivity contribution in [3.63, 3.8) is 0 Å². The van der Waals surface area contributed by atoms with Crippen LogP contribution in [0.25, 0.3) is 0 Å². The molecule has 1 aliphatic carbocycles. The van der Waals surface area contributed by atoms with Gasteiger partial charge in [0.1, 0.15) is 0 Å². The van der Waals surface area contributed by atoms with Crippen molar-refractivity contribution in [3.8, 4) is 0 Å². The Labute approximate surface area is 175 Å². The van der Waals surface area contributed by atoms with E-state index in [4.69, 9.17) is 5.41 Å². The van der Waals surface area contributed by atoms with Crippen molar-refractivity contribution in [3.05, 3.63) is 58.0 Å². The molecule has 0 spiro atoms. The fraction of sp³-hybridized carbons (Fsp3) is 0.400. The minimum Gasteiger partial charge on any atom is -0.412 e. The third-order valence-corrected chi connectivity index (χ3v) is 5.60. The highest BCUT2D eigenvalue weighted by Gasteiger charge is 2.31. The first kappa shape index (κ1) is 26.8. The van der Waals surface area contributed by atoms with Crippen LogP contribution in [-0.2, 0) is 0 Å². The molecule has 0 unspecified atom stereocenters. The van der Waals surface area contributed by atoms with Gasteiger partial charge in [0.2, 0.25) is 0 Å². The summed E-state index contributed by atoms with van der Waals surface area (Å²) in [5.41, 5.74) is 1.03. The predicted octanol–water partition coefficient (Wildman–Crippen LogP) is 2.09. The number of thiol groups is 1. The number of aromatic amines is 1. The van der Waals surface area contributed by atoms with Crippen LogP contribution in [0, 0.1) is 5.41 Å². The monoisotopic (exact) mass is 424 g/mol. The topological polar surface area (TPSA) is 187 Å². The second-order valence-corrected chi connectivity index (χ2v) is 7.53. The van der Waals surface area contributed by atoms with Crippen molar-refractivity contribution in [1.82, 2.24) is 11.1 Å². The molecule has 2 aromatic rings. The molecule has 1 fully saturated rings. The summed E-state index contributed by atoms with van der Waals surface area (Å²) in [4.78, 5) is 15.9. The Hall–Kier alpha value is -2.17. The first-order valence-corrected chi connectivity index (χ1v) is 9.45. The molecule has 1 aliphatic rings. The summed E-state index contributed by atoms with van der Waals surface area (Å²) in [6, 6.07) is 9.20. The van der Waals surface area contributed by atoms with Crippen LogP contribution in [0.15, 0.2) is 46.2 Å². The average Bonchev–Trinajstić information content (AvgIpc) is 2.64. The standard InChI is InChI=1S/C20H25N3O2S.H3N.2H2O/c1-2-20(25)10-7-14(8-11-20)23-16-9-12-22-19(24)17(16)18(21)13-3-5-15(26)6-4-13;;;/h3-6,9,12,14,21,25-26H,2,7-8,10-11H2,1H3,(H2,22,23,24);1H3;2*1H2. The first-order chi connectivity index (χ1) is 12.4. The summed E-state index contributed by atoms with van der Waals surface area (Å²) in [5, 5.41) is 22.3. The van der Waals surface area contributed by atoms with E-state index in [-0.39, 0.29) is 34.4 Å². The Balaban J connectivity index is 0.00000261. The summed E-state index contributed by atoms with van der Waals surface area (Å²) in [5.74, 6) is 0. The largest absolute Gasteiger partial charge is 0.412 e. The normalized spacial score (nSPS) is 20.4. The zero-order chi connectivity index (χ0) is 18.7. The van der Waals surface area contributed by atoms with Crippen LogP contribution >= 0.6 is 12.6 Å². The number of H-pyrrole nitrogens is 1. The third-order valence-electron chi connectivity index (χ3n) is 5.30. The van der Waals surface area contributed by atoms with Gasteiger partial charge in [-0.3, -0.25) is 10.2 Å². The molecule has 9 heteroatoms. The highest BCUT2D eigenvalue weighted by Crippen LogP contribution is 2.32. The van der Waals surface area contributed by atoms with E-state index in [1.165, 1.54) is 0 Å². The Morgan fingerprint density at radius 3 is 2.38 bits per heavy atom. The van der Waals surface area contributed by atoms with Gasteiger partial charge in [-0.15, -0.1) is 12.6 Å². The highest BCUT2D eigenvalue weighted by molar-refractivity contribution is 7.80. The van der Waals surface area contributed by atoms with Crippen LogP contribution in [0.5, 0.6) is 0 Å². The second kappa shape index (κ2) is 11.1. The van der Waals surface area contributed by atoms with Gasteiger partial charge in [-0.25, -0.2) is 0 Å². The van der Waals surface area contributed by atoms with Gasteiger partial charge >= 0.3 is 0 Å². The third kappa shape index (κ3) is 6.15.